The van der Waals surface area contributed by atoms with Gasteiger partial charge < -0.3 is 20.3 Å². The molecule has 0 aliphatic carbocycles. The summed E-state index contributed by atoms with van der Waals surface area (Å²) in [5, 5.41) is 6.43. The molecule has 0 spiro atoms. The molecule has 1 aromatic carbocycles. The third kappa shape index (κ3) is 5.22. The molecule has 1 amide bonds. The maximum Gasteiger partial charge on any atom is 0.407 e. The zero-order valence-electron chi connectivity index (χ0n) is 13.7. The first-order valence-corrected chi connectivity index (χ1v) is 8.70. The van der Waals surface area contributed by atoms with Crippen molar-refractivity contribution >= 4 is 6.09 Å². The maximum atomic E-state index is 11.9. The zero-order chi connectivity index (χ0) is 15.9. The van der Waals surface area contributed by atoms with Crippen LogP contribution in [0.4, 0.5) is 4.79 Å². The molecule has 0 bridgehead atoms. The summed E-state index contributed by atoms with van der Waals surface area (Å²) in [7, 11) is 0. The number of nitrogens with one attached hydrogen (secondary N) is 2. The Morgan fingerprint density at radius 3 is 2.70 bits per heavy atom. The summed E-state index contributed by atoms with van der Waals surface area (Å²) in [4.78, 5) is 14.4. The monoisotopic (exact) mass is 317 g/mol. The number of piperidine rings is 1. The van der Waals surface area contributed by atoms with E-state index < -0.39 is 0 Å². The van der Waals surface area contributed by atoms with E-state index in [0.717, 1.165) is 50.5 Å². The van der Waals surface area contributed by atoms with Crippen LogP contribution in [0.1, 0.15) is 24.8 Å². The van der Waals surface area contributed by atoms with Crippen LogP contribution in [0, 0.1) is 5.92 Å². The molecule has 2 N–H and O–H groups in total. The lowest BCUT2D eigenvalue weighted by molar-refractivity contribution is 0.124. The molecule has 5 heteroatoms. The largest absolute Gasteiger partial charge is 0.445 e. The zero-order valence-corrected chi connectivity index (χ0v) is 13.7. The van der Waals surface area contributed by atoms with Gasteiger partial charge in [0.05, 0.1) is 0 Å². The van der Waals surface area contributed by atoms with E-state index in [1.165, 1.54) is 13.0 Å². The van der Waals surface area contributed by atoms with Gasteiger partial charge in [-0.1, -0.05) is 30.3 Å². The van der Waals surface area contributed by atoms with Crippen molar-refractivity contribution in [2.24, 2.45) is 5.92 Å². The molecule has 2 saturated heterocycles. The minimum Gasteiger partial charge on any atom is -0.445 e. The van der Waals surface area contributed by atoms with Crippen molar-refractivity contribution in [3.05, 3.63) is 35.9 Å². The normalized spacial score (nSPS) is 22.9. The number of rotatable bonds is 5. The predicted octanol–water partition coefficient (Wildman–Crippen LogP) is 1.99. The fraction of sp³-hybridized carbons (Fsp3) is 0.611. The molecule has 0 radical (unpaired) electrons. The number of likely N-dealkylation sites (tertiary alicyclic amines) is 1. The lowest BCUT2D eigenvalue weighted by Gasteiger charge is -2.33. The Morgan fingerprint density at radius 1 is 1.22 bits per heavy atom. The van der Waals surface area contributed by atoms with Crippen molar-refractivity contribution in [3.8, 4) is 0 Å². The number of carbonyl (C=O) groups excluding carboxylic acids is 1. The van der Waals surface area contributed by atoms with Crippen molar-refractivity contribution < 1.29 is 9.53 Å². The molecule has 0 aromatic heterocycles. The van der Waals surface area contributed by atoms with Crippen molar-refractivity contribution in [1.29, 1.82) is 0 Å². The SMILES string of the molecule is O=C(NC1CCN(CC2CCNC2)CC1)OCc1ccccc1. The first kappa shape index (κ1) is 16.3. The summed E-state index contributed by atoms with van der Waals surface area (Å²) < 4.78 is 5.29. The van der Waals surface area contributed by atoms with Crippen molar-refractivity contribution in [2.75, 3.05) is 32.7 Å². The molecule has 3 rings (SSSR count). The van der Waals surface area contributed by atoms with Crippen LogP contribution in [0.3, 0.4) is 0 Å². The number of benzene rings is 1. The molecule has 2 fully saturated rings. The van der Waals surface area contributed by atoms with E-state index >= 15 is 0 Å². The summed E-state index contributed by atoms with van der Waals surface area (Å²) in [6.45, 7) is 5.98. The van der Waals surface area contributed by atoms with Crippen LogP contribution in [0.15, 0.2) is 30.3 Å². The first-order chi connectivity index (χ1) is 11.3. The van der Waals surface area contributed by atoms with Gasteiger partial charge >= 0.3 is 6.09 Å². The van der Waals surface area contributed by atoms with Crippen LogP contribution in [0.25, 0.3) is 0 Å². The predicted molar refractivity (Wildman–Crippen MR) is 90.2 cm³/mol. The Balaban J connectivity index is 1.32. The third-order valence-electron chi connectivity index (χ3n) is 4.80. The Hall–Kier alpha value is -1.59. The number of amides is 1. The standard InChI is InChI=1S/C18H27N3O2/c22-18(23-14-15-4-2-1-3-5-15)20-17-7-10-21(11-8-17)13-16-6-9-19-12-16/h1-5,16-17,19H,6-14H2,(H,20,22). The molecule has 1 unspecified atom stereocenters. The number of alkyl carbamates (subject to hydrolysis) is 1. The van der Waals surface area contributed by atoms with E-state index in [-0.39, 0.29) is 12.1 Å². The van der Waals surface area contributed by atoms with Crippen molar-refractivity contribution in [1.82, 2.24) is 15.5 Å². The highest BCUT2D eigenvalue weighted by atomic mass is 16.5. The van der Waals surface area contributed by atoms with Crippen molar-refractivity contribution in [2.45, 2.75) is 31.9 Å². The van der Waals surface area contributed by atoms with E-state index in [2.05, 4.69) is 15.5 Å². The Kier molecular flexibility index (Phi) is 5.88. The Labute approximate surface area is 138 Å². The van der Waals surface area contributed by atoms with Crippen LogP contribution in [0.5, 0.6) is 0 Å². The molecule has 126 valence electrons. The third-order valence-corrected chi connectivity index (χ3v) is 4.80. The number of hydrogen-bond donors (Lipinski definition) is 2. The van der Waals surface area contributed by atoms with Gasteiger partial charge in [-0.15, -0.1) is 0 Å². The Bertz CT molecular complexity index is 480. The number of carbonyl (C=O) groups is 1. The summed E-state index contributed by atoms with van der Waals surface area (Å²) in [5.41, 5.74) is 1.02. The van der Waals surface area contributed by atoms with Crippen LogP contribution < -0.4 is 10.6 Å². The lowest BCUT2D eigenvalue weighted by atomic mass is 10.0. The minimum absolute atomic E-state index is 0.247. The smallest absolute Gasteiger partial charge is 0.407 e. The van der Waals surface area contributed by atoms with E-state index in [0.29, 0.717) is 6.61 Å². The van der Waals surface area contributed by atoms with Gasteiger partial charge in [-0.2, -0.15) is 0 Å². The number of nitrogens with zero attached hydrogens (tertiary/aromatic N) is 1. The van der Waals surface area contributed by atoms with Gasteiger partial charge in [-0.05, 0) is 43.8 Å². The maximum absolute atomic E-state index is 11.9. The molecular weight excluding hydrogens is 290 g/mol. The first-order valence-electron chi connectivity index (χ1n) is 8.70. The number of hydrogen-bond acceptors (Lipinski definition) is 4. The van der Waals surface area contributed by atoms with E-state index in [1.54, 1.807) is 0 Å². The second-order valence-electron chi connectivity index (χ2n) is 6.64. The summed E-state index contributed by atoms with van der Waals surface area (Å²) in [5.74, 6) is 0.801. The topological polar surface area (TPSA) is 53.6 Å². The van der Waals surface area contributed by atoms with Crippen LogP contribution in [0.2, 0.25) is 0 Å². The minimum atomic E-state index is -0.299. The van der Waals surface area contributed by atoms with Gasteiger partial charge in [0.15, 0.2) is 0 Å². The second kappa shape index (κ2) is 8.31. The van der Waals surface area contributed by atoms with E-state index in [9.17, 15) is 4.79 Å². The lowest BCUT2D eigenvalue weighted by Crippen LogP contribution is -2.46. The molecular formula is C18H27N3O2. The fourth-order valence-corrected chi connectivity index (χ4v) is 3.43. The molecule has 5 nitrogen and oxygen atoms in total. The molecule has 2 heterocycles. The van der Waals surface area contributed by atoms with Gasteiger partial charge in [-0.25, -0.2) is 4.79 Å². The highest BCUT2D eigenvalue weighted by molar-refractivity contribution is 5.67. The summed E-state index contributed by atoms with van der Waals surface area (Å²) >= 11 is 0. The van der Waals surface area contributed by atoms with Gasteiger partial charge in [0.1, 0.15) is 6.61 Å². The van der Waals surface area contributed by atoms with Crippen molar-refractivity contribution in [3.63, 3.8) is 0 Å². The van der Waals surface area contributed by atoms with Gasteiger partial charge in [-0.3, -0.25) is 0 Å². The highest BCUT2D eigenvalue weighted by Crippen LogP contribution is 2.15. The van der Waals surface area contributed by atoms with Crippen LogP contribution in [-0.4, -0.2) is 49.8 Å². The molecule has 2 aliphatic rings. The van der Waals surface area contributed by atoms with Gasteiger partial charge in [0, 0.05) is 25.7 Å². The fourth-order valence-electron chi connectivity index (χ4n) is 3.43. The van der Waals surface area contributed by atoms with E-state index in [4.69, 9.17) is 4.74 Å². The summed E-state index contributed by atoms with van der Waals surface area (Å²) in [6, 6.07) is 10.0. The molecule has 2 aliphatic heterocycles. The molecule has 0 saturated carbocycles. The van der Waals surface area contributed by atoms with Gasteiger partial charge in [0.2, 0.25) is 0 Å². The average molecular weight is 317 g/mol. The molecule has 1 atom stereocenters. The highest BCUT2D eigenvalue weighted by Gasteiger charge is 2.24. The van der Waals surface area contributed by atoms with Crippen LogP contribution >= 0.6 is 0 Å². The quantitative estimate of drug-likeness (QED) is 0.872. The average Bonchev–Trinajstić information content (AvgIpc) is 3.09. The molecule has 1 aromatic rings. The summed E-state index contributed by atoms with van der Waals surface area (Å²) in [6.07, 6.45) is 3.03. The van der Waals surface area contributed by atoms with Gasteiger partial charge in [0.25, 0.3) is 0 Å². The molecule has 23 heavy (non-hydrogen) atoms. The van der Waals surface area contributed by atoms with Crippen LogP contribution in [-0.2, 0) is 11.3 Å². The second-order valence-corrected chi connectivity index (χ2v) is 6.64. The Morgan fingerprint density at radius 2 is 2.00 bits per heavy atom. The number of ether oxygens (including phenoxy) is 1. The van der Waals surface area contributed by atoms with E-state index in [1.807, 2.05) is 30.3 Å².